The minimum atomic E-state index is -0.742. The maximum Gasteiger partial charge on any atom is 0.268 e. The van der Waals surface area contributed by atoms with E-state index in [2.05, 4.69) is 30.5 Å². The van der Waals surface area contributed by atoms with Crippen LogP contribution in [0.1, 0.15) is 24.4 Å². The van der Waals surface area contributed by atoms with E-state index in [0.29, 0.717) is 0 Å². The molecule has 0 aliphatic carbocycles. The van der Waals surface area contributed by atoms with Gasteiger partial charge in [-0.1, -0.05) is 11.6 Å². The number of H-pyrrole nitrogens is 1. The molecule has 13 heteroatoms. The van der Waals surface area contributed by atoms with E-state index >= 15 is 0 Å². The number of hydrogen-bond donors (Lipinski definition) is 4. The number of nitrogens with one attached hydrogen (secondary N) is 2. The molecule has 0 saturated heterocycles. The Morgan fingerprint density at radius 3 is 2.74 bits per heavy atom. The highest BCUT2D eigenvalue weighted by molar-refractivity contribution is 6.35. The van der Waals surface area contributed by atoms with Crippen LogP contribution in [0.2, 0.25) is 5.02 Å². The van der Waals surface area contributed by atoms with Crippen LogP contribution in [0.25, 0.3) is 16.7 Å². The number of nitrogen functional groups attached to an aromatic ring is 2. The summed E-state index contributed by atoms with van der Waals surface area (Å²) in [6.07, 6.45) is 1.45. The van der Waals surface area contributed by atoms with Gasteiger partial charge in [-0.15, -0.1) is 0 Å². The number of nitrogens with zero attached hydrogens (tertiary/aromatic N) is 6. The van der Waals surface area contributed by atoms with Crippen LogP contribution in [-0.2, 0) is 0 Å². The summed E-state index contributed by atoms with van der Waals surface area (Å²) in [4.78, 5) is 25.6. The second-order valence-electron chi connectivity index (χ2n) is 6.48. The lowest BCUT2D eigenvalue weighted by Crippen LogP contribution is -2.28. The summed E-state index contributed by atoms with van der Waals surface area (Å²) in [5.74, 6) is -0.402. The van der Waals surface area contributed by atoms with Crippen LogP contribution < -0.4 is 22.3 Å². The van der Waals surface area contributed by atoms with Crippen LogP contribution in [0.5, 0.6) is 0 Å². The molecule has 4 rings (SSSR count). The lowest BCUT2D eigenvalue weighted by atomic mass is 10.2. The summed E-state index contributed by atoms with van der Waals surface area (Å²) in [7, 11) is 0. The van der Waals surface area contributed by atoms with Gasteiger partial charge in [-0.3, -0.25) is 9.89 Å². The molecule has 156 valence electrons. The average molecular weight is 441 g/mol. The fourth-order valence-electron chi connectivity index (χ4n) is 3.10. The van der Waals surface area contributed by atoms with Crippen molar-refractivity contribution in [1.82, 2.24) is 29.7 Å². The Morgan fingerprint density at radius 2 is 2.06 bits per heavy atom. The Balaban J connectivity index is 1.94. The van der Waals surface area contributed by atoms with Crippen molar-refractivity contribution in [2.24, 2.45) is 0 Å². The number of nitriles is 1. The van der Waals surface area contributed by atoms with Crippen molar-refractivity contribution in [3.63, 3.8) is 0 Å². The van der Waals surface area contributed by atoms with Crippen molar-refractivity contribution in [2.45, 2.75) is 13.0 Å². The normalized spacial score (nSPS) is 11.9. The summed E-state index contributed by atoms with van der Waals surface area (Å²) in [5.41, 5.74) is 11.0. The molecule has 4 aromatic rings. The monoisotopic (exact) mass is 440 g/mol. The molecule has 3 heterocycles. The van der Waals surface area contributed by atoms with Gasteiger partial charge in [0.2, 0.25) is 5.95 Å². The van der Waals surface area contributed by atoms with Gasteiger partial charge in [0.15, 0.2) is 5.82 Å². The first-order valence-corrected chi connectivity index (χ1v) is 9.19. The first kappa shape index (κ1) is 20.0. The smallest absolute Gasteiger partial charge is 0.268 e. The molecule has 0 radical (unpaired) electrons. The molecule has 0 aliphatic heterocycles. The summed E-state index contributed by atoms with van der Waals surface area (Å²) in [6, 6.07) is 5.24. The molecule has 0 spiro atoms. The van der Waals surface area contributed by atoms with Crippen LogP contribution in [0.3, 0.4) is 0 Å². The lowest BCUT2D eigenvalue weighted by molar-refractivity contribution is 0.629. The molecule has 0 saturated carbocycles. The number of hydrogen-bond acceptors (Lipinski definition) is 9. The standard InChI is InChI=1S/C18H14ClFN10O/c1-7(25-15-8(6-21)14(22)27-18(23)28-15)16-26-10-3-2-9(20)13(19)12(10)17(31)30(16)11-4-5-24-29-11/h2-5,7H,1H3,(H,24,29)(H5,22,23,25,27,28)/t7-/m0/s1. The summed E-state index contributed by atoms with van der Waals surface area (Å²) >= 11 is 6.05. The Bertz CT molecular complexity index is 1410. The van der Waals surface area contributed by atoms with Gasteiger partial charge < -0.3 is 16.8 Å². The van der Waals surface area contributed by atoms with Gasteiger partial charge >= 0.3 is 0 Å². The maximum absolute atomic E-state index is 14.0. The van der Waals surface area contributed by atoms with E-state index in [4.69, 9.17) is 23.1 Å². The first-order chi connectivity index (χ1) is 14.8. The third-order valence-corrected chi connectivity index (χ3v) is 4.86. The lowest BCUT2D eigenvalue weighted by Gasteiger charge is -2.20. The van der Waals surface area contributed by atoms with E-state index in [1.807, 2.05) is 6.07 Å². The van der Waals surface area contributed by atoms with Crippen LogP contribution >= 0.6 is 11.6 Å². The van der Waals surface area contributed by atoms with Crippen molar-refractivity contribution in [3.05, 3.63) is 57.0 Å². The number of aromatic amines is 1. The van der Waals surface area contributed by atoms with Gasteiger partial charge in [-0.05, 0) is 19.1 Å². The molecule has 0 aliphatic rings. The fourth-order valence-corrected chi connectivity index (χ4v) is 3.34. The van der Waals surface area contributed by atoms with Gasteiger partial charge in [0.1, 0.15) is 34.9 Å². The zero-order chi connectivity index (χ0) is 22.3. The highest BCUT2D eigenvalue weighted by atomic mass is 35.5. The third-order valence-electron chi connectivity index (χ3n) is 4.49. The van der Waals surface area contributed by atoms with Crippen molar-refractivity contribution in [3.8, 4) is 11.9 Å². The predicted octanol–water partition coefficient (Wildman–Crippen LogP) is 1.90. The Labute approximate surface area is 178 Å². The second kappa shape index (κ2) is 7.54. The molecule has 11 nitrogen and oxygen atoms in total. The summed E-state index contributed by atoms with van der Waals surface area (Å²) < 4.78 is 15.2. The maximum atomic E-state index is 14.0. The Hall–Kier alpha value is -4.24. The predicted molar refractivity (Wildman–Crippen MR) is 112 cm³/mol. The van der Waals surface area contributed by atoms with E-state index in [1.54, 1.807) is 13.0 Å². The van der Waals surface area contributed by atoms with Gasteiger partial charge in [0.05, 0.1) is 28.2 Å². The topological polar surface area (TPSA) is 177 Å². The number of anilines is 3. The van der Waals surface area contributed by atoms with Crippen molar-refractivity contribution >= 4 is 40.1 Å². The van der Waals surface area contributed by atoms with Crippen molar-refractivity contribution in [2.75, 3.05) is 16.8 Å². The molecule has 6 N–H and O–H groups in total. The number of fused-ring (bicyclic) bond motifs is 1. The number of nitrogens with two attached hydrogens (primary N) is 2. The minimum Gasteiger partial charge on any atom is -0.382 e. The molecule has 0 fully saturated rings. The Morgan fingerprint density at radius 1 is 1.29 bits per heavy atom. The van der Waals surface area contributed by atoms with Crippen LogP contribution in [0.15, 0.2) is 29.2 Å². The number of rotatable bonds is 4. The molecule has 31 heavy (non-hydrogen) atoms. The molecule has 0 unspecified atom stereocenters. The molecule has 1 aromatic carbocycles. The van der Waals surface area contributed by atoms with E-state index in [9.17, 15) is 14.4 Å². The highest BCUT2D eigenvalue weighted by Crippen LogP contribution is 2.27. The second-order valence-corrected chi connectivity index (χ2v) is 6.85. The zero-order valence-electron chi connectivity index (χ0n) is 15.9. The Kier molecular flexibility index (Phi) is 4.88. The highest BCUT2D eigenvalue weighted by Gasteiger charge is 2.23. The summed E-state index contributed by atoms with van der Waals surface area (Å²) in [5, 5.41) is 18.5. The SMILES string of the molecule is C[C@H](Nc1nc(N)nc(N)c1C#N)c1nc2ccc(F)c(Cl)c2c(=O)n1-c1ccn[nH]1. The molecule has 1 atom stereocenters. The van der Waals surface area contributed by atoms with Gasteiger partial charge in [-0.2, -0.15) is 20.3 Å². The van der Waals surface area contributed by atoms with Gasteiger partial charge in [0, 0.05) is 6.07 Å². The molecule has 3 aromatic heterocycles. The van der Waals surface area contributed by atoms with Gasteiger partial charge in [0.25, 0.3) is 5.56 Å². The number of halogens is 2. The van der Waals surface area contributed by atoms with Crippen LogP contribution in [0.4, 0.5) is 22.0 Å². The van der Waals surface area contributed by atoms with Crippen LogP contribution in [-0.4, -0.2) is 29.7 Å². The van der Waals surface area contributed by atoms with E-state index < -0.39 is 17.4 Å². The van der Waals surface area contributed by atoms with E-state index in [-0.39, 0.29) is 50.7 Å². The summed E-state index contributed by atoms with van der Waals surface area (Å²) in [6.45, 7) is 1.68. The first-order valence-electron chi connectivity index (χ1n) is 8.81. The van der Waals surface area contributed by atoms with Crippen molar-refractivity contribution in [1.29, 1.82) is 5.26 Å². The fraction of sp³-hybridized carbons (Fsp3) is 0.111. The number of aromatic nitrogens is 6. The quantitative estimate of drug-likeness (QED) is 0.368. The van der Waals surface area contributed by atoms with Crippen molar-refractivity contribution < 1.29 is 4.39 Å². The average Bonchev–Trinajstić information content (AvgIpc) is 3.24. The zero-order valence-corrected chi connectivity index (χ0v) is 16.6. The molecular weight excluding hydrogens is 427 g/mol. The molecule has 0 bridgehead atoms. The third kappa shape index (κ3) is 3.36. The van der Waals surface area contributed by atoms with Crippen LogP contribution in [0, 0.1) is 17.1 Å². The molecular formula is C18H14ClFN10O. The molecule has 0 amide bonds. The minimum absolute atomic E-state index is 0.0117. The van der Waals surface area contributed by atoms with E-state index in [0.717, 1.165) is 6.07 Å². The van der Waals surface area contributed by atoms with Gasteiger partial charge in [-0.25, -0.2) is 13.9 Å². The largest absolute Gasteiger partial charge is 0.382 e. The number of benzene rings is 1. The van der Waals surface area contributed by atoms with E-state index in [1.165, 1.54) is 16.8 Å².